The van der Waals surface area contributed by atoms with Crippen LogP contribution in [0.2, 0.25) is 5.02 Å². The number of carbonyl (C=O) groups is 1. The lowest BCUT2D eigenvalue weighted by Crippen LogP contribution is -2.04. The van der Waals surface area contributed by atoms with Gasteiger partial charge in [0, 0.05) is 23.9 Å². The van der Waals surface area contributed by atoms with Crippen LogP contribution in [-0.2, 0) is 4.79 Å². The Hall–Kier alpha value is -1.68. The molecule has 0 spiro atoms. The summed E-state index contributed by atoms with van der Waals surface area (Å²) in [5, 5.41) is 12.5. The van der Waals surface area contributed by atoms with Crippen LogP contribution in [-0.4, -0.2) is 24.7 Å². The Morgan fingerprint density at radius 1 is 1.56 bits per heavy atom. The Bertz CT molecular complexity index is 458. The zero-order valence-electron chi connectivity index (χ0n) is 10.4. The molecule has 98 valence electrons. The number of ether oxygens (including phenoxy) is 1. The minimum Gasteiger partial charge on any atom is -0.495 e. The van der Waals surface area contributed by atoms with Gasteiger partial charge in [-0.2, -0.15) is 0 Å². The number of carboxylic acid groups (broad SMARTS) is 1. The number of rotatable bonds is 6. The molecule has 5 heteroatoms. The van der Waals surface area contributed by atoms with Crippen molar-refractivity contribution in [2.24, 2.45) is 0 Å². The summed E-state index contributed by atoms with van der Waals surface area (Å²) in [6.45, 7) is 2.26. The van der Waals surface area contributed by atoms with E-state index in [0.717, 1.165) is 5.69 Å². The summed E-state index contributed by atoms with van der Waals surface area (Å²) < 4.78 is 5.09. The van der Waals surface area contributed by atoms with Crippen molar-refractivity contribution in [1.29, 1.82) is 0 Å². The SMILES string of the molecule is CC/C(=C/CNc1ccc(Cl)c(OC)c1)C(=O)O. The molecule has 0 aromatic heterocycles. The van der Waals surface area contributed by atoms with Gasteiger partial charge in [-0.15, -0.1) is 0 Å². The van der Waals surface area contributed by atoms with Crippen LogP contribution in [0.25, 0.3) is 0 Å². The van der Waals surface area contributed by atoms with Gasteiger partial charge in [-0.1, -0.05) is 24.6 Å². The van der Waals surface area contributed by atoms with E-state index in [1.54, 1.807) is 25.3 Å². The second kappa shape index (κ2) is 6.91. The molecule has 0 fully saturated rings. The van der Waals surface area contributed by atoms with E-state index in [1.165, 1.54) is 0 Å². The molecule has 0 aliphatic rings. The van der Waals surface area contributed by atoms with Crippen LogP contribution in [0.4, 0.5) is 5.69 Å². The van der Waals surface area contributed by atoms with Crippen molar-refractivity contribution in [3.63, 3.8) is 0 Å². The van der Waals surface area contributed by atoms with Gasteiger partial charge in [0.25, 0.3) is 0 Å². The predicted molar refractivity (Wildman–Crippen MR) is 72.5 cm³/mol. The van der Waals surface area contributed by atoms with Gasteiger partial charge in [-0.3, -0.25) is 0 Å². The number of anilines is 1. The smallest absolute Gasteiger partial charge is 0.331 e. The van der Waals surface area contributed by atoms with E-state index in [4.69, 9.17) is 21.4 Å². The Kier molecular flexibility index (Phi) is 5.52. The molecule has 0 unspecified atom stereocenters. The summed E-state index contributed by atoms with van der Waals surface area (Å²) in [5.41, 5.74) is 1.22. The maximum Gasteiger partial charge on any atom is 0.331 e. The fourth-order valence-corrected chi connectivity index (χ4v) is 1.64. The molecular weight excluding hydrogens is 254 g/mol. The molecule has 0 amide bonds. The number of carboxylic acids is 1. The van der Waals surface area contributed by atoms with Gasteiger partial charge < -0.3 is 15.2 Å². The Morgan fingerprint density at radius 3 is 2.83 bits per heavy atom. The average molecular weight is 270 g/mol. The van der Waals surface area contributed by atoms with Gasteiger partial charge in [-0.05, 0) is 18.6 Å². The van der Waals surface area contributed by atoms with Gasteiger partial charge in [0.2, 0.25) is 0 Å². The highest BCUT2D eigenvalue weighted by Crippen LogP contribution is 2.27. The number of aliphatic carboxylic acids is 1. The third-order valence-corrected chi connectivity index (χ3v) is 2.77. The van der Waals surface area contributed by atoms with Crippen LogP contribution in [0.15, 0.2) is 29.8 Å². The lowest BCUT2D eigenvalue weighted by Gasteiger charge is -2.08. The topological polar surface area (TPSA) is 58.6 Å². The maximum atomic E-state index is 10.8. The summed E-state index contributed by atoms with van der Waals surface area (Å²) in [6, 6.07) is 5.30. The first kappa shape index (κ1) is 14.4. The minimum atomic E-state index is -0.881. The molecule has 4 nitrogen and oxygen atoms in total. The van der Waals surface area contributed by atoms with Crippen molar-refractivity contribution in [2.75, 3.05) is 19.0 Å². The first-order valence-corrected chi connectivity index (χ1v) is 5.96. The number of benzene rings is 1. The maximum absolute atomic E-state index is 10.8. The number of nitrogens with one attached hydrogen (secondary N) is 1. The highest BCUT2D eigenvalue weighted by atomic mass is 35.5. The van der Waals surface area contributed by atoms with Gasteiger partial charge in [0.15, 0.2) is 0 Å². The highest BCUT2D eigenvalue weighted by molar-refractivity contribution is 6.32. The van der Waals surface area contributed by atoms with Crippen LogP contribution < -0.4 is 10.1 Å². The first-order chi connectivity index (χ1) is 8.58. The quantitative estimate of drug-likeness (QED) is 0.779. The lowest BCUT2D eigenvalue weighted by atomic mass is 10.2. The summed E-state index contributed by atoms with van der Waals surface area (Å²) in [4.78, 5) is 10.8. The van der Waals surface area contributed by atoms with Crippen molar-refractivity contribution in [3.05, 3.63) is 34.9 Å². The van der Waals surface area contributed by atoms with E-state index < -0.39 is 5.97 Å². The zero-order chi connectivity index (χ0) is 13.5. The molecule has 1 rings (SSSR count). The van der Waals surface area contributed by atoms with Crippen molar-refractivity contribution >= 4 is 23.3 Å². The Balaban J connectivity index is 2.66. The zero-order valence-corrected chi connectivity index (χ0v) is 11.1. The predicted octanol–water partition coefficient (Wildman–Crippen LogP) is 3.18. The molecule has 0 heterocycles. The molecule has 0 atom stereocenters. The molecule has 0 bridgehead atoms. The van der Waals surface area contributed by atoms with Gasteiger partial charge in [0.1, 0.15) is 5.75 Å². The largest absolute Gasteiger partial charge is 0.495 e. The van der Waals surface area contributed by atoms with E-state index in [0.29, 0.717) is 29.3 Å². The minimum absolute atomic E-state index is 0.392. The van der Waals surface area contributed by atoms with E-state index in [-0.39, 0.29) is 0 Å². The Morgan fingerprint density at radius 2 is 2.28 bits per heavy atom. The van der Waals surface area contributed by atoms with Crippen molar-refractivity contribution < 1.29 is 14.6 Å². The summed E-state index contributed by atoms with van der Waals surface area (Å²) in [7, 11) is 1.55. The fraction of sp³-hybridized carbons (Fsp3) is 0.308. The first-order valence-electron chi connectivity index (χ1n) is 5.58. The second-order valence-corrected chi connectivity index (χ2v) is 4.03. The molecule has 0 aliphatic carbocycles. The van der Waals surface area contributed by atoms with Crippen LogP contribution in [0.5, 0.6) is 5.75 Å². The molecule has 2 N–H and O–H groups in total. The highest BCUT2D eigenvalue weighted by Gasteiger charge is 2.04. The van der Waals surface area contributed by atoms with Crippen LogP contribution in [0, 0.1) is 0 Å². The van der Waals surface area contributed by atoms with Gasteiger partial charge in [-0.25, -0.2) is 4.79 Å². The van der Waals surface area contributed by atoms with Crippen molar-refractivity contribution in [2.45, 2.75) is 13.3 Å². The van der Waals surface area contributed by atoms with Crippen molar-refractivity contribution in [1.82, 2.24) is 0 Å². The molecule has 0 saturated carbocycles. The van der Waals surface area contributed by atoms with E-state index in [1.807, 2.05) is 13.0 Å². The third-order valence-electron chi connectivity index (χ3n) is 2.46. The normalized spacial score (nSPS) is 11.2. The van der Waals surface area contributed by atoms with E-state index in [2.05, 4.69) is 5.32 Å². The number of hydrogen-bond acceptors (Lipinski definition) is 3. The molecule has 1 aromatic carbocycles. The number of halogens is 1. The van der Waals surface area contributed by atoms with Gasteiger partial charge in [0.05, 0.1) is 12.1 Å². The molecule has 0 saturated heterocycles. The summed E-state index contributed by atoms with van der Waals surface area (Å²) in [6.07, 6.45) is 2.16. The molecule has 0 aliphatic heterocycles. The molecular formula is C13H16ClNO3. The number of hydrogen-bond donors (Lipinski definition) is 2. The second-order valence-electron chi connectivity index (χ2n) is 3.62. The average Bonchev–Trinajstić information content (AvgIpc) is 2.36. The standard InChI is InChI=1S/C13H16ClNO3/c1-3-9(13(16)17)6-7-15-10-4-5-11(14)12(8-10)18-2/h4-6,8,15H,3,7H2,1-2H3,(H,16,17)/b9-6-. The fourth-order valence-electron chi connectivity index (χ4n) is 1.44. The molecule has 0 radical (unpaired) electrons. The lowest BCUT2D eigenvalue weighted by molar-refractivity contribution is -0.132. The number of methoxy groups -OCH3 is 1. The van der Waals surface area contributed by atoms with Crippen LogP contribution in [0.3, 0.4) is 0 Å². The van der Waals surface area contributed by atoms with E-state index in [9.17, 15) is 4.79 Å². The summed E-state index contributed by atoms with van der Waals surface area (Å²) in [5.74, 6) is -0.299. The van der Waals surface area contributed by atoms with Gasteiger partial charge >= 0.3 is 5.97 Å². The Labute approximate surface area is 111 Å². The molecule has 1 aromatic rings. The van der Waals surface area contributed by atoms with Crippen LogP contribution in [0.1, 0.15) is 13.3 Å². The third kappa shape index (κ3) is 3.96. The summed E-state index contributed by atoms with van der Waals surface area (Å²) >= 11 is 5.90. The molecule has 18 heavy (non-hydrogen) atoms. The monoisotopic (exact) mass is 269 g/mol. The van der Waals surface area contributed by atoms with E-state index >= 15 is 0 Å². The van der Waals surface area contributed by atoms with Crippen molar-refractivity contribution in [3.8, 4) is 5.75 Å². The van der Waals surface area contributed by atoms with Crippen LogP contribution >= 0.6 is 11.6 Å².